The third kappa shape index (κ3) is 3.59. The summed E-state index contributed by atoms with van der Waals surface area (Å²) in [6.07, 6.45) is -0.699. The Balaban J connectivity index is 2.84. The molecule has 0 aliphatic carbocycles. The first-order chi connectivity index (χ1) is 7.13. The third-order valence-electron chi connectivity index (χ3n) is 1.60. The molecule has 1 aromatic rings. The van der Waals surface area contributed by atoms with E-state index in [0.717, 1.165) is 0 Å². The molecule has 1 amide bonds. The lowest BCUT2D eigenvalue weighted by Crippen LogP contribution is -2.16. The van der Waals surface area contributed by atoms with Crippen molar-refractivity contribution in [3.8, 4) is 0 Å². The Morgan fingerprint density at radius 3 is 2.93 bits per heavy atom. The average Bonchev–Trinajstić information content (AvgIpc) is 2.18. The number of halogens is 1. The molecular formula is C10H11ClN2O2. The summed E-state index contributed by atoms with van der Waals surface area (Å²) in [6.45, 7) is 1.97. The summed E-state index contributed by atoms with van der Waals surface area (Å²) in [5.41, 5.74) is 6.18. The Hall–Kier alpha value is -1.55. The van der Waals surface area contributed by atoms with Gasteiger partial charge in [0.25, 0.3) is 0 Å². The van der Waals surface area contributed by atoms with Gasteiger partial charge in [0.05, 0.1) is 6.61 Å². The largest absolute Gasteiger partial charge is 0.448 e. The molecule has 15 heavy (non-hydrogen) atoms. The molecule has 1 aromatic carbocycles. The van der Waals surface area contributed by atoms with E-state index < -0.39 is 6.09 Å². The number of ether oxygens (including phenoxy) is 1. The molecule has 0 bridgehead atoms. The molecule has 0 aliphatic rings. The number of carbonyl (C=O) groups excluding carboxylic acids is 1. The maximum Gasteiger partial charge on any atom is 0.435 e. The third-order valence-corrected chi connectivity index (χ3v) is 1.84. The standard InChI is InChI=1S/C10H11ClN2O2/c1-2-15-10(14)13-9(12)7-4-3-5-8(11)6-7/h3-6H,2H2,1H3,(H2,12,13,14). The minimum Gasteiger partial charge on any atom is -0.448 e. The molecule has 0 unspecified atom stereocenters. The van der Waals surface area contributed by atoms with Gasteiger partial charge in [-0.25, -0.2) is 4.79 Å². The van der Waals surface area contributed by atoms with E-state index in [0.29, 0.717) is 10.6 Å². The van der Waals surface area contributed by atoms with Crippen molar-refractivity contribution in [1.29, 1.82) is 0 Å². The fraction of sp³-hybridized carbons (Fsp3) is 0.200. The van der Waals surface area contributed by atoms with E-state index >= 15 is 0 Å². The minimum atomic E-state index is -0.699. The highest BCUT2D eigenvalue weighted by Gasteiger charge is 2.03. The Kier molecular flexibility index (Phi) is 4.12. The first kappa shape index (κ1) is 11.5. The van der Waals surface area contributed by atoms with E-state index in [9.17, 15) is 4.79 Å². The topological polar surface area (TPSA) is 64.7 Å². The maximum absolute atomic E-state index is 11.0. The van der Waals surface area contributed by atoms with Crippen LogP contribution in [0.5, 0.6) is 0 Å². The zero-order chi connectivity index (χ0) is 11.3. The molecule has 0 fully saturated rings. The fourth-order valence-electron chi connectivity index (χ4n) is 0.966. The fourth-order valence-corrected chi connectivity index (χ4v) is 1.16. The van der Waals surface area contributed by atoms with Crippen molar-refractivity contribution in [3.05, 3.63) is 34.9 Å². The number of aliphatic imine (C=N–C) groups is 1. The van der Waals surface area contributed by atoms with Crippen molar-refractivity contribution in [3.63, 3.8) is 0 Å². The number of amidine groups is 1. The minimum absolute atomic E-state index is 0.0935. The summed E-state index contributed by atoms with van der Waals surface area (Å²) in [6, 6.07) is 6.78. The van der Waals surface area contributed by atoms with Crippen LogP contribution in [0.2, 0.25) is 5.02 Å². The van der Waals surface area contributed by atoms with Crippen LogP contribution in [0, 0.1) is 0 Å². The molecule has 2 N–H and O–H groups in total. The lowest BCUT2D eigenvalue weighted by Gasteiger charge is -2.01. The second-order valence-corrected chi connectivity index (χ2v) is 3.14. The number of rotatable bonds is 2. The Labute approximate surface area is 92.7 Å². The molecular weight excluding hydrogens is 216 g/mol. The SMILES string of the molecule is CCOC(=O)N=C(N)c1cccc(Cl)c1. The van der Waals surface area contributed by atoms with Gasteiger partial charge in [-0.15, -0.1) is 0 Å². The van der Waals surface area contributed by atoms with Gasteiger partial charge >= 0.3 is 6.09 Å². The number of hydrogen-bond acceptors (Lipinski definition) is 2. The van der Waals surface area contributed by atoms with Crippen molar-refractivity contribution in [2.45, 2.75) is 6.92 Å². The molecule has 0 saturated carbocycles. The van der Waals surface area contributed by atoms with Gasteiger partial charge in [0.2, 0.25) is 0 Å². The molecule has 4 nitrogen and oxygen atoms in total. The first-order valence-corrected chi connectivity index (χ1v) is 4.78. The van der Waals surface area contributed by atoms with E-state index in [4.69, 9.17) is 17.3 Å². The molecule has 0 saturated heterocycles. The van der Waals surface area contributed by atoms with Crippen LogP contribution in [-0.2, 0) is 4.74 Å². The Morgan fingerprint density at radius 2 is 2.33 bits per heavy atom. The van der Waals surface area contributed by atoms with Gasteiger partial charge in [0.15, 0.2) is 0 Å². The van der Waals surface area contributed by atoms with Gasteiger partial charge in [-0.05, 0) is 19.1 Å². The molecule has 0 atom stereocenters. The lowest BCUT2D eigenvalue weighted by molar-refractivity contribution is 0.163. The summed E-state index contributed by atoms with van der Waals surface area (Å²) in [5, 5.41) is 0.537. The summed E-state index contributed by atoms with van der Waals surface area (Å²) in [7, 11) is 0. The second-order valence-electron chi connectivity index (χ2n) is 2.71. The number of nitrogens with zero attached hydrogens (tertiary/aromatic N) is 1. The van der Waals surface area contributed by atoms with Gasteiger partial charge in [-0.1, -0.05) is 23.7 Å². The van der Waals surface area contributed by atoms with Crippen LogP contribution in [0.1, 0.15) is 12.5 Å². The van der Waals surface area contributed by atoms with Crippen LogP contribution in [0.15, 0.2) is 29.3 Å². The highest BCUT2D eigenvalue weighted by molar-refractivity contribution is 6.31. The zero-order valence-corrected chi connectivity index (χ0v) is 8.99. The van der Waals surface area contributed by atoms with Gasteiger partial charge in [-0.2, -0.15) is 4.99 Å². The highest BCUT2D eigenvalue weighted by atomic mass is 35.5. The summed E-state index contributed by atoms with van der Waals surface area (Å²) >= 11 is 5.76. The molecule has 0 heterocycles. The van der Waals surface area contributed by atoms with E-state index in [-0.39, 0.29) is 12.4 Å². The van der Waals surface area contributed by atoms with E-state index in [1.165, 1.54) is 0 Å². The lowest BCUT2D eigenvalue weighted by atomic mass is 10.2. The predicted molar refractivity (Wildman–Crippen MR) is 59.2 cm³/mol. The molecule has 0 radical (unpaired) electrons. The highest BCUT2D eigenvalue weighted by Crippen LogP contribution is 2.10. The molecule has 1 rings (SSSR count). The van der Waals surface area contributed by atoms with Crippen molar-refractivity contribution >= 4 is 23.5 Å². The zero-order valence-electron chi connectivity index (χ0n) is 8.24. The Bertz CT molecular complexity index is 391. The van der Waals surface area contributed by atoms with Gasteiger partial charge in [-0.3, -0.25) is 0 Å². The van der Waals surface area contributed by atoms with Crippen LogP contribution in [-0.4, -0.2) is 18.5 Å². The van der Waals surface area contributed by atoms with Crippen molar-refractivity contribution in [2.24, 2.45) is 10.7 Å². The van der Waals surface area contributed by atoms with Crippen molar-refractivity contribution in [2.75, 3.05) is 6.61 Å². The molecule has 0 aliphatic heterocycles. The number of nitrogens with two attached hydrogens (primary N) is 1. The van der Waals surface area contributed by atoms with Crippen molar-refractivity contribution in [1.82, 2.24) is 0 Å². The van der Waals surface area contributed by atoms with Crippen LogP contribution >= 0.6 is 11.6 Å². The maximum atomic E-state index is 11.0. The second kappa shape index (κ2) is 5.36. The predicted octanol–water partition coefficient (Wildman–Crippen LogP) is 2.20. The van der Waals surface area contributed by atoms with Crippen LogP contribution in [0.25, 0.3) is 0 Å². The normalized spacial score (nSPS) is 11.2. The van der Waals surface area contributed by atoms with Gasteiger partial charge in [0, 0.05) is 10.6 Å². The number of hydrogen-bond donors (Lipinski definition) is 1. The van der Waals surface area contributed by atoms with Crippen LogP contribution in [0.4, 0.5) is 4.79 Å². The monoisotopic (exact) mass is 226 g/mol. The number of benzene rings is 1. The van der Waals surface area contributed by atoms with Crippen LogP contribution in [0.3, 0.4) is 0 Å². The van der Waals surface area contributed by atoms with Gasteiger partial charge in [0.1, 0.15) is 5.84 Å². The summed E-state index contributed by atoms with van der Waals surface area (Å²) in [4.78, 5) is 14.5. The summed E-state index contributed by atoms with van der Waals surface area (Å²) < 4.78 is 4.62. The van der Waals surface area contributed by atoms with E-state index in [2.05, 4.69) is 9.73 Å². The van der Waals surface area contributed by atoms with E-state index in [1.54, 1.807) is 31.2 Å². The Morgan fingerprint density at radius 1 is 1.60 bits per heavy atom. The number of amides is 1. The molecule has 0 aromatic heterocycles. The quantitative estimate of drug-likeness (QED) is 0.621. The van der Waals surface area contributed by atoms with Crippen molar-refractivity contribution < 1.29 is 9.53 Å². The molecule has 0 spiro atoms. The average molecular weight is 227 g/mol. The first-order valence-electron chi connectivity index (χ1n) is 4.40. The van der Waals surface area contributed by atoms with Gasteiger partial charge < -0.3 is 10.5 Å². The molecule has 5 heteroatoms. The summed E-state index contributed by atoms with van der Waals surface area (Å²) in [5.74, 6) is 0.0935. The smallest absolute Gasteiger partial charge is 0.435 e. The number of carbonyl (C=O) groups is 1. The molecule has 80 valence electrons. The van der Waals surface area contributed by atoms with Crippen LogP contribution < -0.4 is 5.73 Å². The van der Waals surface area contributed by atoms with E-state index in [1.807, 2.05) is 0 Å².